The Bertz CT molecular complexity index is 577. The molecule has 0 aliphatic carbocycles. The second kappa shape index (κ2) is 10.1. The average Bonchev–Trinajstić information content (AvgIpc) is 2.48. The number of nitrogens with zero attached hydrogens (tertiary/aromatic N) is 1. The number of hydrogen-bond acceptors (Lipinski definition) is 4. The summed E-state index contributed by atoms with van der Waals surface area (Å²) in [5, 5.41) is 7.85. The molecule has 0 atom stereocenters. The van der Waals surface area contributed by atoms with Crippen LogP contribution in [0.5, 0.6) is 11.5 Å². The van der Waals surface area contributed by atoms with Gasteiger partial charge < -0.3 is 14.8 Å². The first-order valence-corrected chi connectivity index (χ1v) is 8.07. The Morgan fingerprint density at radius 2 is 2.22 bits per heavy atom. The van der Waals surface area contributed by atoms with Crippen LogP contribution in [-0.4, -0.2) is 30.6 Å². The predicted molar refractivity (Wildman–Crippen MR) is 99.9 cm³/mol. The molecule has 0 unspecified atom stereocenters. The molecule has 0 saturated carbocycles. The Kier molecular flexibility index (Phi) is 8.43. The van der Waals surface area contributed by atoms with Gasteiger partial charge in [0.1, 0.15) is 0 Å². The van der Waals surface area contributed by atoms with E-state index in [0.717, 1.165) is 5.56 Å². The number of ether oxygens (including phenoxy) is 2. The van der Waals surface area contributed by atoms with Crippen molar-refractivity contribution in [3.63, 3.8) is 0 Å². The molecule has 0 amide bonds. The fourth-order valence-corrected chi connectivity index (χ4v) is 2.05. The lowest BCUT2D eigenvalue weighted by Crippen LogP contribution is -2.31. The van der Waals surface area contributed by atoms with Crippen LogP contribution in [-0.2, 0) is 0 Å². The first-order valence-electron chi connectivity index (χ1n) is 7.28. The largest absolute Gasteiger partial charge is 0.490 e. The van der Waals surface area contributed by atoms with Gasteiger partial charge >= 0.3 is 0 Å². The molecule has 0 aromatic heterocycles. The smallest absolute Gasteiger partial charge is 0.187 e. The van der Waals surface area contributed by atoms with E-state index in [1.807, 2.05) is 26.8 Å². The van der Waals surface area contributed by atoms with Crippen molar-refractivity contribution in [1.82, 2.24) is 10.7 Å². The Hall–Kier alpha value is -1.79. The number of thiocarbonyl (C=S) groups is 1. The fourth-order valence-electron chi connectivity index (χ4n) is 1.65. The molecule has 2 N–H and O–H groups in total. The zero-order valence-corrected chi connectivity index (χ0v) is 15.1. The molecule has 0 fully saturated rings. The molecule has 7 heteroatoms. The second-order valence-electron chi connectivity index (χ2n) is 4.80. The van der Waals surface area contributed by atoms with Gasteiger partial charge in [0.05, 0.1) is 23.9 Å². The maximum Gasteiger partial charge on any atom is 0.187 e. The van der Waals surface area contributed by atoms with Crippen LogP contribution in [0.1, 0.15) is 26.3 Å². The minimum absolute atomic E-state index is 0.00111. The lowest BCUT2D eigenvalue weighted by atomic mass is 10.2. The van der Waals surface area contributed by atoms with E-state index in [2.05, 4.69) is 22.4 Å². The normalized spacial score (nSPS) is 10.7. The van der Waals surface area contributed by atoms with Gasteiger partial charge in [-0.25, -0.2) is 0 Å². The summed E-state index contributed by atoms with van der Waals surface area (Å²) in [7, 11) is 0. The van der Waals surface area contributed by atoms with E-state index >= 15 is 0 Å². The SMILES string of the molecule is C=CCNC(=S)N/N=C/c1cc(Cl)c(OC(C)C)c(OCC)c1. The highest BCUT2D eigenvalue weighted by atomic mass is 35.5. The molecule has 0 radical (unpaired) electrons. The van der Waals surface area contributed by atoms with Crippen LogP contribution in [0, 0.1) is 0 Å². The summed E-state index contributed by atoms with van der Waals surface area (Å²) in [6, 6.07) is 3.58. The number of hydrogen-bond donors (Lipinski definition) is 2. The molecule has 0 aliphatic rings. The van der Waals surface area contributed by atoms with Crippen LogP contribution in [0.2, 0.25) is 5.02 Å². The Morgan fingerprint density at radius 3 is 2.83 bits per heavy atom. The van der Waals surface area contributed by atoms with Gasteiger partial charge in [0.2, 0.25) is 0 Å². The van der Waals surface area contributed by atoms with Crippen molar-refractivity contribution in [2.24, 2.45) is 5.10 Å². The minimum atomic E-state index is 0.00111. The third kappa shape index (κ3) is 6.88. The van der Waals surface area contributed by atoms with Crippen LogP contribution in [0.4, 0.5) is 0 Å². The number of halogens is 1. The molecule has 0 heterocycles. The lowest BCUT2D eigenvalue weighted by Gasteiger charge is -2.16. The molecular formula is C16H22ClN3O2S. The minimum Gasteiger partial charge on any atom is -0.490 e. The molecule has 1 aromatic carbocycles. The number of hydrazone groups is 1. The van der Waals surface area contributed by atoms with E-state index in [9.17, 15) is 0 Å². The highest BCUT2D eigenvalue weighted by Crippen LogP contribution is 2.37. The maximum atomic E-state index is 6.29. The maximum absolute atomic E-state index is 6.29. The summed E-state index contributed by atoms with van der Waals surface area (Å²) in [6.45, 7) is 10.5. The lowest BCUT2D eigenvalue weighted by molar-refractivity contribution is 0.224. The van der Waals surface area contributed by atoms with Crippen LogP contribution >= 0.6 is 23.8 Å². The topological polar surface area (TPSA) is 54.9 Å². The molecule has 23 heavy (non-hydrogen) atoms. The summed E-state index contributed by atoms with van der Waals surface area (Å²) < 4.78 is 11.3. The zero-order valence-electron chi connectivity index (χ0n) is 13.6. The zero-order chi connectivity index (χ0) is 17.2. The standard InChI is InChI=1S/C16H22ClN3O2S/c1-5-7-18-16(23)20-19-10-12-8-13(17)15(22-11(3)4)14(9-12)21-6-2/h5,8-11H,1,6-7H2,2-4H3,(H2,18,20,23)/b19-10+. The monoisotopic (exact) mass is 355 g/mol. The first kappa shape index (κ1) is 19.3. The van der Waals surface area contributed by atoms with Gasteiger partial charge in [0, 0.05) is 6.54 Å². The van der Waals surface area contributed by atoms with Crippen molar-refractivity contribution in [3.05, 3.63) is 35.4 Å². The summed E-state index contributed by atoms with van der Waals surface area (Å²) in [5.41, 5.74) is 3.48. The quantitative estimate of drug-likeness (QED) is 0.323. The van der Waals surface area contributed by atoms with Crippen LogP contribution in [0.15, 0.2) is 29.9 Å². The average molecular weight is 356 g/mol. The van der Waals surface area contributed by atoms with E-state index in [1.165, 1.54) is 0 Å². The van der Waals surface area contributed by atoms with Gasteiger partial charge in [0.25, 0.3) is 0 Å². The van der Waals surface area contributed by atoms with E-state index in [0.29, 0.717) is 34.8 Å². The molecule has 0 bridgehead atoms. The molecule has 1 rings (SSSR count). The van der Waals surface area contributed by atoms with Crippen LogP contribution in [0.25, 0.3) is 0 Å². The van der Waals surface area contributed by atoms with Gasteiger partial charge in [-0.3, -0.25) is 5.43 Å². The Morgan fingerprint density at radius 1 is 1.48 bits per heavy atom. The van der Waals surface area contributed by atoms with Gasteiger partial charge in [-0.15, -0.1) is 6.58 Å². The highest BCUT2D eigenvalue weighted by Gasteiger charge is 2.13. The number of benzene rings is 1. The summed E-state index contributed by atoms with van der Waals surface area (Å²) in [4.78, 5) is 0. The van der Waals surface area contributed by atoms with Gasteiger partial charge in [-0.05, 0) is 50.7 Å². The molecule has 0 saturated heterocycles. The van der Waals surface area contributed by atoms with Crippen LogP contribution in [0.3, 0.4) is 0 Å². The molecule has 0 spiro atoms. The molecule has 1 aromatic rings. The van der Waals surface area contributed by atoms with Crippen LogP contribution < -0.4 is 20.2 Å². The van der Waals surface area contributed by atoms with Crippen molar-refractivity contribution >= 4 is 35.1 Å². The Balaban J connectivity index is 2.87. The third-order valence-corrected chi connectivity index (χ3v) is 2.99. The Labute approximate surface area is 147 Å². The van der Waals surface area contributed by atoms with E-state index in [4.69, 9.17) is 33.3 Å². The fraction of sp³-hybridized carbons (Fsp3) is 0.375. The van der Waals surface area contributed by atoms with Crippen molar-refractivity contribution < 1.29 is 9.47 Å². The number of rotatable bonds is 8. The molecule has 126 valence electrons. The summed E-state index contributed by atoms with van der Waals surface area (Å²) >= 11 is 11.3. The second-order valence-corrected chi connectivity index (χ2v) is 5.61. The van der Waals surface area contributed by atoms with Crippen molar-refractivity contribution in [1.29, 1.82) is 0 Å². The number of nitrogens with one attached hydrogen (secondary N) is 2. The van der Waals surface area contributed by atoms with E-state index in [-0.39, 0.29) is 6.10 Å². The molecular weight excluding hydrogens is 334 g/mol. The van der Waals surface area contributed by atoms with E-state index < -0.39 is 0 Å². The summed E-state index contributed by atoms with van der Waals surface area (Å²) in [5.74, 6) is 1.12. The van der Waals surface area contributed by atoms with Gasteiger partial charge in [-0.1, -0.05) is 17.7 Å². The molecule has 5 nitrogen and oxygen atoms in total. The summed E-state index contributed by atoms with van der Waals surface area (Å²) in [6.07, 6.45) is 3.32. The van der Waals surface area contributed by atoms with Gasteiger partial charge in [-0.2, -0.15) is 5.10 Å². The van der Waals surface area contributed by atoms with Crippen molar-refractivity contribution in [2.45, 2.75) is 26.9 Å². The third-order valence-electron chi connectivity index (χ3n) is 2.47. The van der Waals surface area contributed by atoms with Crippen molar-refractivity contribution in [2.75, 3.05) is 13.2 Å². The highest BCUT2D eigenvalue weighted by molar-refractivity contribution is 7.80. The van der Waals surface area contributed by atoms with Crippen molar-refractivity contribution in [3.8, 4) is 11.5 Å². The first-order chi connectivity index (χ1) is 11.0. The molecule has 0 aliphatic heterocycles. The van der Waals surface area contributed by atoms with E-state index in [1.54, 1.807) is 18.4 Å². The van der Waals surface area contributed by atoms with Gasteiger partial charge in [0.15, 0.2) is 16.6 Å². The predicted octanol–water partition coefficient (Wildman–Crippen LogP) is 3.51.